The third-order valence-electron chi connectivity index (χ3n) is 4.68. The second kappa shape index (κ2) is 9.53. The number of aryl methyl sites for hydroxylation is 1. The first-order valence-corrected chi connectivity index (χ1v) is 9.49. The summed E-state index contributed by atoms with van der Waals surface area (Å²) in [6.45, 7) is 7.58. The van der Waals surface area contributed by atoms with Gasteiger partial charge in [0, 0.05) is 26.2 Å². The van der Waals surface area contributed by atoms with Crippen LogP contribution >= 0.6 is 0 Å². The van der Waals surface area contributed by atoms with E-state index >= 15 is 0 Å². The predicted octanol–water partition coefficient (Wildman–Crippen LogP) is 2.78. The second-order valence-corrected chi connectivity index (χ2v) is 7.03. The number of hydrogen-bond donors (Lipinski definition) is 1. The molecule has 2 aromatic rings. The highest BCUT2D eigenvalue weighted by Gasteiger charge is 2.22. The quantitative estimate of drug-likeness (QED) is 0.817. The molecule has 1 aliphatic rings. The van der Waals surface area contributed by atoms with E-state index < -0.39 is 6.10 Å². The van der Waals surface area contributed by atoms with E-state index in [1.54, 1.807) is 6.92 Å². The van der Waals surface area contributed by atoms with E-state index in [0.29, 0.717) is 18.9 Å². The Morgan fingerprint density at radius 1 is 1.22 bits per heavy atom. The normalized spacial score (nSPS) is 18.7. The molecular formula is C22H28N2O3. The fourth-order valence-corrected chi connectivity index (χ4v) is 3.12. The third kappa shape index (κ3) is 6.08. The van der Waals surface area contributed by atoms with E-state index in [4.69, 9.17) is 9.47 Å². The molecule has 2 aromatic carbocycles. The smallest absolute Gasteiger partial charge is 0.260 e. The van der Waals surface area contributed by atoms with Gasteiger partial charge >= 0.3 is 0 Å². The summed E-state index contributed by atoms with van der Waals surface area (Å²) < 4.78 is 11.5. The summed E-state index contributed by atoms with van der Waals surface area (Å²) in [6.07, 6.45) is -0.547. The van der Waals surface area contributed by atoms with Crippen LogP contribution in [0.5, 0.6) is 5.75 Å². The molecule has 0 bridgehead atoms. The lowest BCUT2D eigenvalue weighted by Crippen LogP contribution is -2.48. The number of nitrogens with one attached hydrogen (secondary N) is 1. The number of carbonyl (C=O) groups is 1. The van der Waals surface area contributed by atoms with Gasteiger partial charge < -0.3 is 14.8 Å². The van der Waals surface area contributed by atoms with Gasteiger partial charge in [0.25, 0.3) is 5.91 Å². The summed E-state index contributed by atoms with van der Waals surface area (Å²) in [5.41, 5.74) is 2.45. The number of nitrogens with zero attached hydrogens (tertiary/aromatic N) is 1. The van der Waals surface area contributed by atoms with Crippen molar-refractivity contribution in [3.05, 3.63) is 65.7 Å². The molecule has 2 atom stereocenters. The summed E-state index contributed by atoms with van der Waals surface area (Å²) in [5, 5.41) is 2.95. The molecule has 0 aromatic heterocycles. The molecule has 144 valence electrons. The monoisotopic (exact) mass is 368 g/mol. The number of carbonyl (C=O) groups excluding carboxylic acids is 1. The molecule has 1 saturated heterocycles. The maximum absolute atomic E-state index is 12.3. The zero-order valence-electron chi connectivity index (χ0n) is 16.1. The Kier molecular flexibility index (Phi) is 6.85. The van der Waals surface area contributed by atoms with E-state index in [2.05, 4.69) is 34.5 Å². The van der Waals surface area contributed by atoms with Crippen molar-refractivity contribution in [2.45, 2.75) is 32.6 Å². The fraction of sp³-hybridized carbons (Fsp3) is 0.409. The van der Waals surface area contributed by atoms with E-state index in [0.717, 1.165) is 25.2 Å². The fourth-order valence-electron chi connectivity index (χ4n) is 3.12. The molecule has 0 saturated carbocycles. The summed E-state index contributed by atoms with van der Waals surface area (Å²) in [6, 6.07) is 18.1. The van der Waals surface area contributed by atoms with Crippen LogP contribution in [0.2, 0.25) is 0 Å². The molecule has 1 N–H and O–H groups in total. The van der Waals surface area contributed by atoms with Gasteiger partial charge in [0.1, 0.15) is 5.75 Å². The number of benzene rings is 2. The number of morpholine rings is 1. The predicted molar refractivity (Wildman–Crippen MR) is 106 cm³/mol. The highest BCUT2D eigenvalue weighted by Crippen LogP contribution is 2.14. The largest absolute Gasteiger partial charge is 0.481 e. The lowest BCUT2D eigenvalue weighted by molar-refractivity contribution is -0.128. The van der Waals surface area contributed by atoms with Gasteiger partial charge in [0.2, 0.25) is 0 Å². The number of amides is 1. The van der Waals surface area contributed by atoms with Crippen molar-refractivity contribution in [3.63, 3.8) is 0 Å². The van der Waals surface area contributed by atoms with Crippen molar-refractivity contribution in [2.75, 3.05) is 26.2 Å². The van der Waals surface area contributed by atoms with Gasteiger partial charge in [-0.25, -0.2) is 0 Å². The molecule has 1 aliphatic heterocycles. The maximum atomic E-state index is 12.3. The van der Waals surface area contributed by atoms with Crippen molar-refractivity contribution in [1.82, 2.24) is 10.2 Å². The van der Waals surface area contributed by atoms with Crippen molar-refractivity contribution in [1.29, 1.82) is 0 Å². The maximum Gasteiger partial charge on any atom is 0.260 e. The molecule has 1 fully saturated rings. The Bertz CT molecular complexity index is 718. The SMILES string of the molecule is Cc1ccc(OC(C)C(=O)NCC2CN(Cc3ccccc3)CCO2)cc1. The Morgan fingerprint density at radius 2 is 1.96 bits per heavy atom. The lowest BCUT2D eigenvalue weighted by atomic mass is 10.2. The van der Waals surface area contributed by atoms with Gasteiger partial charge in [-0.1, -0.05) is 48.0 Å². The molecule has 5 nitrogen and oxygen atoms in total. The molecule has 0 radical (unpaired) electrons. The standard InChI is InChI=1S/C22H28N2O3/c1-17-8-10-20(11-9-17)27-18(2)22(25)23-14-21-16-24(12-13-26-21)15-19-6-4-3-5-7-19/h3-11,18,21H,12-16H2,1-2H3,(H,23,25). The summed E-state index contributed by atoms with van der Waals surface area (Å²) >= 11 is 0. The van der Waals surface area contributed by atoms with Crippen molar-refractivity contribution >= 4 is 5.91 Å². The minimum Gasteiger partial charge on any atom is -0.481 e. The van der Waals surface area contributed by atoms with Crippen LogP contribution in [0.3, 0.4) is 0 Å². The minimum atomic E-state index is -0.545. The van der Waals surface area contributed by atoms with Crippen LogP contribution in [-0.4, -0.2) is 49.3 Å². The molecule has 0 aliphatic carbocycles. The summed E-state index contributed by atoms with van der Waals surface area (Å²) in [7, 11) is 0. The summed E-state index contributed by atoms with van der Waals surface area (Å²) in [4.78, 5) is 14.7. The average Bonchev–Trinajstić information content (AvgIpc) is 2.69. The highest BCUT2D eigenvalue weighted by atomic mass is 16.5. The molecule has 1 amide bonds. The van der Waals surface area contributed by atoms with E-state index in [1.165, 1.54) is 5.56 Å². The van der Waals surface area contributed by atoms with Gasteiger partial charge in [-0.3, -0.25) is 9.69 Å². The van der Waals surface area contributed by atoms with Crippen molar-refractivity contribution in [2.24, 2.45) is 0 Å². The van der Waals surface area contributed by atoms with Crippen LogP contribution in [0.4, 0.5) is 0 Å². The molecule has 27 heavy (non-hydrogen) atoms. The minimum absolute atomic E-state index is 0.00186. The Labute approximate surface area is 161 Å². The number of ether oxygens (including phenoxy) is 2. The third-order valence-corrected chi connectivity index (χ3v) is 4.68. The molecule has 1 heterocycles. The van der Waals surface area contributed by atoms with E-state index in [9.17, 15) is 4.79 Å². The van der Waals surface area contributed by atoms with E-state index in [1.807, 2.05) is 37.3 Å². The first kappa shape index (κ1) is 19.4. The Hall–Kier alpha value is -2.37. The van der Waals surface area contributed by atoms with E-state index in [-0.39, 0.29) is 12.0 Å². The topological polar surface area (TPSA) is 50.8 Å². The molecular weight excluding hydrogens is 340 g/mol. The molecule has 3 rings (SSSR count). The molecule has 5 heteroatoms. The highest BCUT2D eigenvalue weighted by molar-refractivity contribution is 5.80. The number of hydrogen-bond acceptors (Lipinski definition) is 4. The van der Waals surface area contributed by atoms with Gasteiger partial charge in [0.15, 0.2) is 6.10 Å². The second-order valence-electron chi connectivity index (χ2n) is 7.03. The zero-order valence-corrected chi connectivity index (χ0v) is 16.1. The Balaban J connectivity index is 1.43. The first-order chi connectivity index (χ1) is 13.1. The average molecular weight is 368 g/mol. The molecule has 0 spiro atoms. The van der Waals surface area contributed by atoms with Crippen LogP contribution in [0.25, 0.3) is 0 Å². The molecule has 2 unspecified atom stereocenters. The van der Waals surface area contributed by atoms with Gasteiger partial charge in [-0.15, -0.1) is 0 Å². The first-order valence-electron chi connectivity index (χ1n) is 9.49. The van der Waals surface area contributed by atoms with Gasteiger partial charge in [0.05, 0.1) is 12.7 Å². The number of rotatable bonds is 7. The lowest BCUT2D eigenvalue weighted by Gasteiger charge is -2.33. The Morgan fingerprint density at radius 3 is 2.70 bits per heavy atom. The van der Waals surface area contributed by atoms with Crippen LogP contribution < -0.4 is 10.1 Å². The van der Waals surface area contributed by atoms with Gasteiger partial charge in [-0.2, -0.15) is 0 Å². The summed E-state index contributed by atoms with van der Waals surface area (Å²) in [5.74, 6) is 0.575. The van der Waals surface area contributed by atoms with Crippen LogP contribution in [0.1, 0.15) is 18.1 Å². The van der Waals surface area contributed by atoms with Crippen molar-refractivity contribution in [3.8, 4) is 5.75 Å². The zero-order chi connectivity index (χ0) is 19.1. The van der Waals surface area contributed by atoms with Crippen molar-refractivity contribution < 1.29 is 14.3 Å². The van der Waals surface area contributed by atoms with Gasteiger partial charge in [-0.05, 0) is 31.5 Å². The van der Waals surface area contributed by atoms with Crippen LogP contribution in [0, 0.1) is 6.92 Å². The van der Waals surface area contributed by atoms with Crippen LogP contribution in [0.15, 0.2) is 54.6 Å². The van der Waals surface area contributed by atoms with Crippen LogP contribution in [-0.2, 0) is 16.1 Å².